The van der Waals surface area contributed by atoms with Crippen LogP contribution in [-0.4, -0.2) is 35.2 Å². The second-order valence-electron chi connectivity index (χ2n) is 6.20. The fraction of sp³-hybridized carbons (Fsp3) is 0.333. The van der Waals surface area contributed by atoms with Crippen LogP contribution in [0.3, 0.4) is 0 Å². The Morgan fingerprint density at radius 2 is 1.96 bits per heavy atom. The molecular weight excluding hydrogens is 345 g/mol. The number of aryl methyl sites for hydroxylation is 1. The van der Waals surface area contributed by atoms with E-state index in [1.807, 2.05) is 25.1 Å². The van der Waals surface area contributed by atoms with Gasteiger partial charge in [-0.2, -0.15) is 0 Å². The number of nitrogens with one attached hydrogen (secondary N) is 1. The smallest absolute Gasteiger partial charge is 0.254 e. The van der Waals surface area contributed by atoms with E-state index in [-0.39, 0.29) is 5.56 Å². The van der Waals surface area contributed by atoms with Crippen molar-refractivity contribution < 1.29 is 13.9 Å². The first kappa shape index (κ1) is 19.0. The summed E-state index contributed by atoms with van der Waals surface area (Å²) in [5.41, 5.74) is 2.11. The third kappa shape index (κ3) is 4.71. The molecule has 6 heteroatoms. The minimum atomic E-state index is -0.507. The van der Waals surface area contributed by atoms with Crippen molar-refractivity contribution in [2.24, 2.45) is 0 Å². The third-order valence-corrected chi connectivity index (χ3v) is 4.38. The third-order valence-electron chi connectivity index (χ3n) is 4.38. The number of imidazole rings is 1. The molecule has 0 aliphatic carbocycles. The molecule has 3 aromatic rings. The molecule has 0 radical (unpaired) electrons. The summed E-state index contributed by atoms with van der Waals surface area (Å²) in [5.74, 6) is 0.0710. The van der Waals surface area contributed by atoms with Crippen molar-refractivity contribution in [3.63, 3.8) is 0 Å². The summed E-state index contributed by atoms with van der Waals surface area (Å²) in [7, 11) is 0. The number of hydrogen-bond acceptors (Lipinski definition) is 3. The minimum absolute atomic E-state index is 0.0708. The van der Waals surface area contributed by atoms with Gasteiger partial charge in [0.1, 0.15) is 11.6 Å². The fourth-order valence-electron chi connectivity index (χ4n) is 3.05. The van der Waals surface area contributed by atoms with Crippen LogP contribution in [0.2, 0.25) is 0 Å². The van der Waals surface area contributed by atoms with Gasteiger partial charge in [0, 0.05) is 26.1 Å². The topological polar surface area (TPSA) is 56.1 Å². The molecule has 3 rings (SSSR count). The number of carbonyl (C=O) groups excluding carboxylic acids is 1. The number of ether oxygens (including phenoxy) is 1. The summed E-state index contributed by atoms with van der Waals surface area (Å²) >= 11 is 0. The van der Waals surface area contributed by atoms with Crippen molar-refractivity contribution in [1.29, 1.82) is 0 Å². The summed E-state index contributed by atoms with van der Waals surface area (Å²) in [6.07, 6.45) is 1.44. The highest BCUT2D eigenvalue weighted by Gasteiger charge is 2.12. The second-order valence-corrected chi connectivity index (χ2v) is 6.20. The van der Waals surface area contributed by atoms with E-state index in [4.69, 9.17) is 9.72 Å². The van der Waals surface area contributed by atoms with Gasteiger partial charge in [0.15, 0.2) is 0 Å². The van der Waals surface area contributed by atoms with E-state index < -0.39 is 11.7 Å². The predicted octanol–water partition coefficient (Wildman–Crippen LogP) is 3.57. The number of rotatable bonds is 9. The van der Waals surface area contributed by atoms with Crippen molar-refractivity contribution in [2.75, 3.05) is 19.8 Å². The predicted molar refractivity (Wildman–Crippen MR) is 103 cm³/mol. The van der Waals surface area contributed by atoms with E-state index >= 15 is 0 Å². The molecule has 1 heterocycles. The van der Waals surface area contributed by atoms with Crippen molar-refractivity contribution in [3.8, 4) is 0 Å². The molecule has 0 fully saturated rings. The molecule has 1 amide bonds. The summed E-state index contributed by atoms with van der Waals surface area (Å²) in [6, 6.07) is 14.0. The van der Waals surface area contributed by atoms with Crippen LogP contribution in [0.4, 0.5) is 4.39 Å². The molecular formula is C21H24FN3O2. The number of hydrogen-bond donors (Lipinski definition) is 1. The van der Waals surface area contributed by atoms with E-state index in [1.165, 1.54) is 12.1 Å². The maximum atomic E-state index is 13.6. The first-order chi connectivity index (χ1) is 13.2. The van der Waals surface area contributed by atoms with Crippen molar-refractivity contribution >= 4 is 16.9 Å². The van der Waals surface area contributed by atoms with Gasteiger partial charge in [0.25, 0.3) is 5.91 Å². The zero-order chi connectivity index (χ0) is 19.1. The Labute approximate surface area is 158 Å². The SMILES string of the molecule is CCOCCn1c(CCCNC(=O)c2ccccc2F)nc2ccccc21. The average Bonchev–Trinajstić information content (AvgIpc) is 3.03. The summed E-state index contributed by atoms with van der Waals surface area (Å²) in [4.78, 5) is 16.8. The molecule has 0 atom stereocenters. The quantitative estimate of drug-likeness (QED) is 0.587. The molecule has 5 nitrogen and oxygen atoms in total. The molecule has 0 aliphatic rings. The van der Waals surface area contributed by atoms with Gasteiger partial charge in [-0.25, -0.2) is 9.37 Å². The Balaban J connectivity index is 1.60. The number of halogens is 1. The Hall–Kier alpha value is -2.73. The minimum Gasteiger partial charge on any atom is -0.380 e. The van der Waals surface area contributed by atoms with Crippen LogP contribution >= 0.6 is 0 Å². The molecule has 0 spiro atoms. The maximum Gasteiger partial charge on any atom is 0.254 e. The number of para-hydroxylation sites is 2. The van der Waals surface area contributed by atoms with Gasteiger partial charge in [-0.3, -0.25) is 4.79 Å². The highest BCUT2D eigenvalue weighted by atomic mass is 19.1. The van der Waals surface area contributed by atoms with Crippen molar-refractivity contribution in [3.05, 3.63) is 65.7 Å². The number of amides is 1. The van der Waals surface area contributed by atoms with Crippen LogP contribution in [-0.2, 0) is 17.7 Å². The van der Waals surface area contributed by atoms with Crippen molar-refractivity contribution in [2.45, 2.75) is 26.3 Å². The van der Waals surface area contributed by atoms with Gasteiger partial charge in [-0.05, 0) is 37.6 Å². The lowest BCUT2D eigenvalue weighted by Crippen LogP contribution is -2.26. The monoisotopic (exact) mass is 369 g/mol. The van der Waals surface area contributed by atoms with Crippen LogP contribution in [0, 0.1) is 5.82 Å². The zero-order valence-electron chi connectivity index (χ0n) is 15.5. The lowest BCUT2D eigenvalue weighted by Gasteiger charge is -2.10. The number of fused-ring (bicyclic) bond motifs is 1. The van der Waals surface area contributed by atoms with E-state index in [2.05, 4.69) is 16.0 Å². The Kier molecular flexibility index (Phi) is 6.54. The van der Waals surface area contributed by atoms with Gasteiger partial charge in [-0.15, -0.1) is 0 Å². The molecule has 27 heavy (non-hydrogen) atoms. The van der Waals surface area contributed by atoms with E-state index in [1.54, 1.807) is 12.1 Å². The Bertz CT molecular complexity index is 907. The van der Waals surface area contributed by atoms with Crippen LogP contribution in [0.25, 0.3) is 11.0 Å². The molecule has 1 N–H and O–H groups in total. The van der Waals surface area contributed by atoms with Gasteiger partial charge in [-0.1, -0.05) is 24.3 Å². The number of carbonyl (C=O) groups is 1. The molecule has 0 aliphatic heterocycles. The molecule has 142 valence electrons. The van der Waals surface area contributed by atoms with Crippen molar-refractivity contribution in [1.82, 2.24) is 14.9 Å². The van der Waals surface area contributed by atoms with Crippen LogP contribution in [0.1, 0.15) is 29.5 Å². The second kappa shape index (κ2) is 9.28. The molecule has 0 bridgehead atoms. The lowest BCUT2D eigenvalue weighted by atomic mass is 10.2. The number of aromatic nitrogens is 2. The molecule has 0 saturated carbocycles. The molecule has 2 aromatic carbocycles. The normalized spacial score (nSPS) is 11.0. The van der Waals surface area contributed by atoms with E-state index in [0.29, 0.717) is 19.8 Å². The lowest BCUT2D eigenvalue weighted by molar-refractivity contribution is 0.0949. The Morgan fingerprint density at radius 3 is 2.78 bits per heavy atom. The van der Waals surface area contributed by atoms with Gasteiger partial charge < -0.3 is 14.6 Å². The summed E-state index contributed by atoms with van der Waals surface area (Å²) < 4.78 is 21.3. The first-order valence-electron chi connectivity index (χ1n) is 9.25. The fourth-order valence-corrected chi connectivity index (χ4v) is 3.05. The molecule has 0 saturated heterocycles. The zero-order valence-corrected chi connectivity index (χ0v) is 15.5. The average molecular weight is 369 g/mol. The largest absolute Gasteiger partial charge is 0.380 e. The maximum absolute atomic E-state index is 13.6. The van der Waals surface area contributed by atoms with Crippen LogP contribution in [0.5, 0.6) is 0 Å². The summed E-state index contributed by atoms with van der Waals surface area (Å²) in [5, 5.41) is 2.77. The van der Waals surface area contributed by atoms with Crippen LogP contribution in [0.15, 0.2) is 48.5 Å². The van der Waals surface area contributed by atoms with E-state index in [0.717, 1.165) is 36.2 Å². The van der Waals surface area contributed by atoms with E-state index in [9.17, 15) is 9.18 Å². The highest BCUT2D eigenvalue weighted by Crippen LogP contribution is 2.17. The standard InChI is InChI=1S/C21H24FN3O2/c1-2-27-15-14-25-19-11-6-5-10-18(19)24-20(25)12-7-13-23-21(26)16-8-3-4-9-17(16)22/h3-6,8-11H,2,7,12-15H2,1H3,(H,23,26). The molecule has 1 aromatic heterocycles. The number of benzene rings is 2. The first-order valence-corrected chi connectivity index (χ1v) is 9.25. The Morgan fingerprint density at radius 1 is 1.19 bits per heavy atom. The summed E-state index contributed by atoms with van der Waals surface area (Å²) in [6.45, 7) is 4.50. The van der Waals surface area contributed by atoms with Gasteiger partial charge >= 0.3 is 0 Å². The van der Waals surface area contributed by atoms with Crippen LogP contribution < -0.4 is 5.32 Å². The highest BCUT2D eigenvalue weighted by molar-refractivity contribution is 5.94. The van der Waals surface area contributed by atoms with Gasteiger partial charge in [0.05, 0.1) is 23.2 Å². The molecule has 0 unspecified atom stereocenters. The van der Waals surface area contributed by atoms with Gasteiger partial charge in [0.2, 0.25) is 0 Å². The number of nitrogens with zero attached hydrogens (tertiary/aromatic N) is 2.